The van der Waals surface area contributed by atoms with Gasteiger partial charge in [-0.1, -0.05) is 42.5 Å². The number of amides is 1. The zero-order valence-corrected chi connectivity index (χ0v) is 16.5. The lowest BCUT2D eigenvalue weighted by Gasteiger charge is -2.09. The number of rotatable bonds is 7. The van der Waals surface area contributed by atoms with Gasteiger partial charge in [0.25, 0.3) is 11.5 Å². The summed E-state index contributed by atoms with van der Waals surface area (Å²) in [6.45, 7) is 0.442. The average molecular weight is 412 g/mol. The Morgan fingerprint density at radius 3 is 2.45 bits per heavy atom. The largest absolute Gasteiger partial charge is 0.347 e. The SMILES string of the molecule is CS(=O)(=O)Nc1cccc(CNC(=O)c2ccc(=O)n(Cc3ccccc3)n2)c1. The quantitative estimate of drug-likeness (QED) is 0.612. The Bertz CT molecular complexity index is 1170. The van der Waals surface area contributed by atoms with Crippen molar-refractivity contribution in [3.8, 4) is 0 Å². The molecule has 2 N–H and O–H groups in total. The summed E-state index contributed by atoms with van der Waals surface area (Å²) in [5.74, 6) is -0.437. The van der Waals surface area contributed by atoms with Crippen LogP contribution in [-0.2, 0) is 23.1 Å². The Hall–Kier alpha value is -3.46. The first-order chi connectivity index (χ1) is 13.8. The van der Waals surface area contributed by atoms with E-state index < -0.39 is 15.9 Å². The van der Waals surface area contributed by atoms with Gasteiger partial charge in [0, 0.05) is 18.3 Å². The molecule has 8 nitrogen and oxygen atoms in total. The second kappa shape index (κ2) is 8.70. The Morgan fingerprint density at radius 2 is 1.72 bits per heavy atom. The second-order valence-electron chi connectivity index (χ2n) is 6.46. The van der Waals surface area contributed by atoms with Gasteiger partial charge < -0.3 is 5.32 Å². The lowest BCUT2D eigenvalue weighted by Crippen LogP contribution is -2.29. The third-order valence-corrected chi connectivity index (χ3v) is 4.56. The van der Waals surface area contributed by atoms with Crippen molar-refractivity contribution in [2.45, 2.75) is 13.1 Å². The summed E-state index contributed by atoms with van der Waals surface area (Å²) < 4.78 is 26.3. The first-order valence-electron chi connectivity index (χ1n) is 8.77. The first-order valence-corrected chi connectivity index (χ1v) is 10.7. The maximum absolute atomic E-state index is 12.4. The normalized spacial score (nSPS) is 11.1. The molecule has 0 aliphatic rings. The third-order valence-electron chi connectivity index (χ3n) is 3.96. The van der Waals surface area contributed by atoms with E-state index in [0.717, 1.165) is 11.8 Å². The molecule has 1 amide bonds. The molecule has 0 bridgehead atoms. The molecule has 1 aromatic heterocycles. The van der Waals surface area contributed by atoms with Crippen LogP contribution in [-0.4, -0.2) is 30.4 Å². The van der Waals surface area contributed by atoms with Crippen LogP contribution in [0.5, 0.6) is 0 Å². The molecule has 0 aliphatic heterocycles. The number of benzene rings is 2. The lowest BCUT2D eigenvalue weighted by molar-refractivity contribution is 0.0943. The topological polar surface area (TPSA) is 110 Å². The number of carbonyl (C=O) groups is 1. The number of carbonyl (C=O) groups excluding carboxylic acids is 1. The standard InChI is InChI=1S/C20H20N4O4S/c1-29(27,28)23-17-9-5-8-16(12-17)13-21-20(26)18-10-11-19(25)24(22-18)14-15-6-3-2-4-7-15/h2-12,23H,13-14H2,1H3,(H,21,26). The highest BCUT2D eigenvalue weighted by molar-refractivity contribution is 7.92. The maximum atomic E-state index is 12.4. The van der Waals surface area contributed by atoms with E-state index in [2.05, 4.69) is 15.1 Å². The Balaban J connectivity index is 1.69. The van der Waals surface area contributed by atoms with E-state index in [9.17, 15) is 18.0 Å². The van der Waals surface area contributed by atoms with Crippen molar-refractivity contribution >= 4 is 21.6 Å². The highest BCUT2D eigenvalue weighted by Gasteiger charge is 2.10. The van der Waals surface area contributed by atoms with Crippen LogP contribution in [0, 0.1) is 0 Å². The fourth-order valence-electron chi connectivity index (χ4n) is 2.67. The van der Waals surface area contributed by atoms with Gasteiger partial charge in [-0.05, 0) is 29.3 Å². The van der Waals surface area contributed by atoms with E-state index in [1.807, 2.05) is 30.3 Å². The van der Waals surface area contributed by atoms with Gasteiger partial charge in [0.1, 0.15) is 5.69 Å². The predicted molar refractivity (Wildman–Crippen MR) is 110 cm³/mol. The molecule has 0 radical (unpaired) electrons. The molecule has 29 heavy (non-hydrogen) atoms. The van der Waals surface area contributed by atoms with Crippen molar-refractivity contribution in [3.63, 3.8) is 0 Å². The molecule has 0 saturated carbocycles. The molecule has 0 atom stereocenters. The minimum absolute atomic E-state index is 0.117. The van der Waals surface area contributed by atoms with Crippen molar-refractivity contribution in [1.82, 2.24) is 15.1 Å². The van der Waals surface area contributed by atoms with Gasteiger partial charge in [-0.15, -0.1) is 0 Å². The molecule has 0 unspecified atom stereocenters. The molecule has 2 aromatic carbocycles. The van der Waals surface area contributed by atoms with Gasteiger partial charge in [0.05, 0.1) is 12.8 Å². The van der Waals surface area contributed by atoms with Gasteiger partial charge in [-0.3, -0.25) is 14.3 Å². The first kappa shape index (κ1) is 20.3. The molecule has 1 heterocycles. The smallest absolute Gasteiger partial charge is 0.271 e. The summed E-state index contributed by atoms with van der Waals surface area (Å²) >= 11 is 0. The molecular formula is C20H20N4O4S. The van der Waals surface area contributed by atoms with Crippen LogP contribution < -0.4 is 15.6 Å². The number of hydrogen-bond acceptors (Lipinski definition) is 5. The highest BCUT2D eigenvalue weighted by atomic mass is 32.2. The van der Waals surface area contributed by atoms with Crippen LogP contribution in [0.2, 0.25) is 0 Å². The van der Waals surface area contributed by atoms with Crippen molar-refractivity contribution in [2.75, 3.05) is 11.0 Å². The van der Waals surface area contributed by atoms with Crippen LogP contribution in [0.1, 0.15) is 21.6 Å². The molecular weight excluding hydrogens is 392 g/mol. The molecule has 0 fully saturated rings. The van der Waals surface area contributed by atoms with Crippen molar-refractivity contribution < 1.29 is 13.2 Å². The minimum Gasteiger partial charge on any atom is -0.347 e. The van der Waals surface area contributed by atoms with Crippen LogP contribution in [0.15, 0.2) is 71.5 Å². The van der Waals surface area contributed by atoms with E-state index in [0.29, 0.717) is 11.3 Å². The van der Waals surface area contributed by atoms with Crippen molar-refractivity contribution in [3.05, 3.63) is 93.9 Å². The molecule has 0 aliphatic carbocycles. The summed E-state index contributed by atoms with van der Waals surface area (Å²) in [5, 5.41) is 6.87. The summed E-state index contributed by atoms with van der Waals surface area (Å²) in [6, 6.07) is 18.7. The van der Waals surface area contributed by atoms with Gasteiger partial charge in [-0.2, -0.15) is 5.10 Å². The average Bonchev–Trinajstić information content (AvgIpc) is 2.67. The minimum atomic E-state index is -3.38. The Kier molecular flexibility index (Phi) is 6.08. The van der Waals surface area contributed by atoms with Crippen LogP contribution in [0.3, 0.4) is 0 Å². The molecule has 0 spiro atoms. The molecule has 150 valence electrons. The van der Waals surface area contributed by atoms with Crippen LogP contribution in [0.4, 0.5) is 5.69 Å². The molecule has 0 saturated heterocycles. The van der Waals surface area contributed by atoms with E-state index in [-0.39, 0.29) is 24.3 Å². The number of nitrogens with zero attached hydrogens (tertiary/aromatic N) is 2. The van der Waals surface area contributed by atoms with Crippen molar-refractivity contribution in [2.24, 2.45) is 0 Å². The van der Waals surface area contributed by atoms with E-state index in [1.54, 1.807) is 24.3 Å². The van der Waals surface area contributed by atoms with Crippen LogP contribution in [0.25, 0.3) is 0 Å². The molecule has 9 heteroatoms. The number of aromatic nitrogens is 2. The fraction of sp³-hybridized carbons (Fsp3) is 0.150. The van der Waals surface area contributed by atoms with Gasteiger partial charge >= 0.3 is 0 Å². The van der Waals surface area contributed by atoms with Gasteiger partial charge in [0.15, 0.2) is 0 Å². The van der Waals surface area contributed by atoms with Gasteiger partial charge in [0.2, 0.25) is 10.0 Å². The number of hydrogen-bond donors (Lipinski definition) is 2. The van der Waals surface area contributed by atoms with Crippen molar-refractivity contribution in [1.29, 1.82) is 0 Å². The number of sulfonamides is 1. The zero-order valence-electron chi connectivity index (χ0n) is 15.7. The summed E-state index contributed by atoms with van der Waals surface area (Å²) in [4.78, 5) is 24.5. The summed E-state index contributed by atoms with van der Waals surface area (Å²) in [6.07, 6.45) is 1.07. The number of anilines is 1. The van der Waals surface area contributed by atoms with E-state index >= 15 is 0 Å². The Labute approximate surface area is 168 Å². The maximum Gasteiger partial charge on any atom is 0.271 e. The third kappa shape index (κ3) is 6.01. The monoisotopic (exact) mass is 412 g/mol. The summed E-state index contributed by atoms with van der Waals surface area (Å²) in [7, 11) is -3.38. The number of nitrogens with one attached hydrogen (secondary N) is 2. The van der Waals surface area contributed by atoms with Crippen LogP contribution >= 0.6 is 0 Å². The second-order valence-corrected chi connectivity index (χ2v) is 8.21. The predicted octanol–water partition coefficient (Wildman–Crippen LogP) is 1.59. The molecule has 3 rings (SSSR count). The fourth-order valence-corrected chi connectivity index (χ4v) is 3.23. The zero-order chi connectivity index (χ0) is 20.9. The highest BCUT2D eigenvalue weighted by Crippen LogP contribution is 2.12. The summed E-state index contributed by atoms with van der Waals surface area (Å²) in [5.41, 5.74) is 1.84. The van der Waals surface area contributed by atoms with Gasteiger partial charge in [-0.25, -0.2) is 13.1 Å². The molecule has 3 aromatic rings. The lowest BCUT2D eigenvalue weighted by atomic mass is 10.2. The van der Waals surface area contributed by atoms with E-state index in [1.165, 1.54) is 16.8 Å². The van der Waals surface area contributed by atoms with E-state index in [4.69, 9.17) is 0 Å². The Morgan fingerprint density at radius 1 is 1.00 bits per heavy atom.